The Kier molecular flexibility index (Phi) is 1.80. The van der Waals surface area contributed by atoms with E-state index in [4.69, 9.17) is 9.52 Å². The van der Waals surface area contributed by atoms with Crippen molar-refractivity contribution in [3.05, 3.63) is 23.2 Å². The van der Waals surface area contributed by atoms with E-state index in [1.54, 1.807) is 0 Å². The Morgan fingerprint density at radius 1 is 1.71 bits per heavy atom. The monoisotopic (exact) mass is 195 g/mol. The molecule has 1 atom stereocenters. The lowest BCUT2D eigenvalue weighted by Crippen LogP contribution is -2.39. The van der Waals surface area contributed by atoms with Gasteiger partial charge in [-0.3, -0.25) is 4.79 Å². The van der Waals surface area contributed by atoms with Gasteiger partial charge in [-0.05, 0) is 6.92 Å². The molecular formula is C9H9NO4. The average molecular weight is 195 g/mol. The van der Waals surface area contributed by atoms with Crippen LogP contribution in [0.3, 0.4) is 0 Å². The van der Waals surface area contributed by atoms with Crippen molar-refractivity contribution in [3.63, 3.8) is 0 Å². The zero-order valence-corrected chi connectivity index (χ0v) is 7.53. The summed E-state index contributed by atoms with van der Waals surface area (Å²) in [6.07, 6.45) is 1.65. The summed E-state index contributed by atoms with van der Waals surface area (Å²) in [5.74, 6) is -1.05. The number of hydrogen-bond donors (Lipinski definition) is 2. The molecule has 5 nitrogen and oxygen atoms in total. The minimum atomic E-state index is -1.14. The summed E-state index contributed by atoms with van der Waals surface area (Å²) in [5.41, 5.74) is 0.0972. The maximum Gasteiger partial charge on any atom is 0.339 e. The molecule has 0 saturated carbocycles. The van der Waals surface area contributed by atoms with Gasteiger partial charge in [0, 0.05) is 12.5 Å². The third kappa shape index (κ3) is 1.17. The first-order valence-corrected chi connectivity index (χ1v) is 4.24. The second kappa shape index (κ2) is 2.87. The maximum absolute atomic E-state index is 11.4. The molecule has 0 bridgehead atoms. The minimum Gasteiger partial charge on any atom is -0.478 e. The summed E-state index contributed by atoms with van der Waals surface area (Å²) < 4.78 is 5.05. The highest BCUT2D eigenvalue weighted by atomic mass is 16.4. The summed E-state index contributed by atoms with van der Waals surface area (Å²) in [4.78, 5) is 22.2. The summed E-state index contributed by atoms with van der Waals surface area (Å²) in [5, 5.41) is 11.4. The molecule has 2 N–H and O–H groups in total. The van der Waals surface area contributed by atoms with Crippen LogP contribution in [-0.4, -0.2) is 23.0 Å². The Morgan fingerprint density at radius 2 is 2.43 bits per heavy atom. The first kappa shape index (κ1) is 8.80. The molecule has 1 unspecified atom stereocenters. The van der Waals surface area contributed by atoms with Gasteiger partial charge in [0.25, 0.3) is 5.91 Å². The highest BCUT2D eigenvalue weighted by Gasteiger charge is 2.30. The molecule has 2 rings (SSSR count). The smallest absolute Gasteiger partial charge is 0.339 e. The molecule has 0 radical (unpaired) electrons. The number of hydrogen-bond acceptors (Lipinski definition) is 3. The highest BCUT2D eigenvalue weighted by Crippen LogP contribution is 2.22. The molecule has 0 saturated heterocycles. The SMILES string of the molecule is CC1Cc2occ(C(=O)O)c2C(=O)N1. The summed E-state index contributed by atoms with van der Waals surface area (Å²) in [7, 11) is 0. The molecule has 14 heavy (non-hydrogen) atoms. The zero-order chi connectivity index (χ0) is 10.3. The van der Waals surface area contributed by atoms with Gasteiger partial charge in [-0.1, -0.05) is 0 Å². The largest absolute Gasteiger partial charge is 0.478 e. The quantitative estimate of drug-likeness (QED) is 0.689. The third-order valence-corrected chi connectivity index (χ3v) is 2.19. The van der Waals surface area contributed by atoms with Crippen molar-refractivity contribution in [3.8, 4) is 0 Å². The first-order chi connectivity index (χ1) is 6.59. The topological polar surface area (TPSA) is 79.5 Å². The van der Waals surface area contributed by atoms with Gasteiger partial charge in [0.2, 0.25) is 0 Å². The summed E-state index contributed by atoms with van der Waals surface area (Å²) in [6.45, 7) is 1.84. The second-order valence-electron chi connectivity index (χ2n) is 3.33. The number of nitrogens with one attached hydrogen (secondary N) is 1. The molecule has 1 aromatic heterocycles. The van der Waals surface area contributed by atoms with Crippen molar-refractivity contribution in [2.75, 3.05) is 0 Å². The molecule has 0 aromatic carbocycles. The third-order valence-electron chi connectivity index (χ3n) is 2.19. The predicted molar refractivity (Wildman–Crippen MR) is 46.3 cm³/mol. The fourth-order valence-corrected chi connectivity index (χ4v) is 1.58. The van der Waals surface area contributed by atoms with Crippen molar-refractivity contribution < 1.29 is 19.1 Å². The Morgan fingerprint density at radius 3 is 3.07 bits per heavy atom. The van der Waals surface area contributed by atoms with Gasteiger partial charge in [-0.15, -0.1) is 0 Å². The lowest BCUT2D eigenvalue weighted by molar-refractivity contribution is 0.0690. The number of carbonyl (C=O) groups excluding carboxylic acids is 1. The average Bonchev–Trinajstić information content (AvgIpc) is 2.47. The van der Waals surface area contributed by atoms with Crippen LogP contribution in [0.5, 0.6) is 0 Å². The Labute approximate surface area is 79.7 Å². The van der Waals surface area contributed by atoms with E-state index >= 15 is 0 Å². The molecular weight excluding hydrogens is 186 g/mol. The van der Waals surface area contributed by atoms with Crippen LogP contribution in [-0.2, 0) is 6.42 Å². The number of carbonyl (C=O) groups is 2. The predicted octanol–water partition coefficient (Wildman–Crippen LogP) is 0.652. The van der Waals surface area contributed by atoms with Gasteiger partial charge in [-0.25, -0.2) is 4.79 Å². The molecule has 1 aliphatic rings. The van der Waals surface area contributed by atoms with E-state index < -0.39 is 5.97 Å². The lowest BCUT2D eigenvalue weighted by atomic mass is 10.0. The minimum absolute atomic E-state index is 0.0113. The van der Waals surface area contributed by atoms with Gasteiger partial charge >= 0.3 is 5.97 Å². The van der Waals surface area contributed by atoms with Gasteiger partial charge in [0.05, 0.1) is 5.56 Å². The van der Waals surface area contributed by atoms with Gasteiger partial charge in [0.1, 0.15) is 17.6 Å². The second-order valence-corrected chi connectivity index (χ2v) is 3.33. The highest BCUT2D eigenvalue weighted by molar-refractivity contribution is 6.06. The van der Waals surface area contributed by atoms with Crippen LogP contribution in [0.2, 0.25) is 0 Å². The van der Waals surface area contributed by atoms with Crippen LogP contribution in [0.1, 0.15) is 33.4 Å². The molecule has 2 heterocycles. The number of amides is 1. The lowest BCUT2D eigenvalue weighted by Gasteiger charge is -2.18. The van der Waals surface area contributed by atoms with Gasteiger partial charge in [-0.2, -0.15) is 0 Å². The van der Waals surface area contributed by atoms with E-state index in [1.807, 2.05) is 6.92 Å². The van der Waals surface area contributed by atoms with Crippen LogP contribution < -0.4 is 5.32 Å². The molecule has 1 amide bonds. The Hall–Kier alpha value is -1.78. The number of fused-ring (bicyclic) bond motifs is 1. The molecule has 74 valence electrons. The van der Waals surface area contributed by atoms with Crippen LogP contribution in [0, 0.1) is 0 Å². The fraction of sp³-hybridized carbons (Fsp3) is 0.333. The molecule has 1 aliphatic heterocycles. The number of rotatable bonds is 1. The van der Waals surface area contributed by atoms with Crippen LogP contribution in [0.4, 0.5) is 0 Å². The van der Waals surface area contributed by atoms with Crippen molar-refractivity contribution in [2.45, 2.75) is 19.4 Å². The number of furan rings is 1. The molecule has 0 fully saturated rings. The van der Waals surface area contributed by atoms with Crippen molar-refractivity contribution >= 4 is 11.9 Å². The zero-order valence-electron chi connectivity index (χ0n) is 7.53. The molecule has 1 aromatic rings. The Balaban J connectivity index is 2.52. The van der Waals surface area contributed by atoms with Crippen molar-refractivity contribution in [2.24, 2.45) is 0 Å². The normalized spacial score (nSPS) is 20.1. The Bertz CT molecular complexity index is 407. The van der Waals surface area contributed by atoms with Crippen molar-refractivity contribution in [1.29, 1.82) is 0 Å². The fourth-order valence-electron chi connectivity index (χ4n) is 1.58. The molecule has 5 heteroatoms. The van der Waals surface area contributed by atoms with E-state index in [0.29, 0.717) is 12.2 Å². The van der Waals surface area contributed by atoms with Crippen molar-refractivity contribution in [1.82, 2.24) is 5.32 Å². The first-order valence-electron chi connectivity index (χ1n) is 4.24. The standard InChI is InChI=1S/C9H9NO4/c1-4-2-6-7(8(11)10-4)5(3-14-6)9(12)13/h3-4H,2H2,1H3,(H,10,11)(H,12,13). The number of aromatic carboxylic acids is 1. The van der Waals surface area contributed by atoms with E-state index in [9.17, 15) is 9.59 Å². The van der Waals surface area contributed by atoms with Gasteiger partial charge < -0.3 is 14.8 Å². The summed E-state index contributed by atoms with van der Waals surface area (Å²) in [6, 6.07) is -0.0113. The van der Waals surface area contributed by atoms with E-state index in [2.05, 4.69) is 5.32 Å². The van der Waals surface area contributed by atoms with Gasteiger partial charge in [0.15, 0.2) is 0 Å². The van der Waals surface area contributed by atoms with Crippen LogP contribution >= 0.6 is 0 Å². The molecule has 0 spiro atoms. The molecule has 0 aliphatic carbocycles. The van der Waals surface area contributed by atoms with E-state index in [-0.39, 0.29) is 23.1 Å². The van der Waals surface area contributed by atoms with Crippen LogP contribution in [0.25, 0.3) is 0 Å². The number of carboxylic acid groups (broad SMARTS) is 1. The van der Waals surface area contributed by atoms with Crippen LogP contribution in [0.15, 0.2) is 10.7 Å². The van der Waals surface area contributed by atoms with E-state index in [0.717, 1.165) is 6.26 Å². The summed E-state index contributed by atoms with van der Waals surface area (Å²) >= 11 is 0. The van der Waals surface area contributed by atoms with E-state index in [1.165, 1.54) is 0 Å². The maximum atomic E-state index is 11.4. The number of carboxylic acids is 1.